The molecule has 5 nitrogen and oxygen atoms in total. The Kier molecular flexibility index (Phi) is 4.73. The van der Waals surface area contributed by atoms with E-state index in [4.69, 9.17) is 4.84 Å². The normalized spacial score (nSPS) is 20.2. The molecule has 1 fully saturated rings. The van der Waals surface area contributed by atoms with Gasteiger partial charge in [0.1, 0.15) is 6.04 Å². The van der Waals surface area contributed by atoms with Gasteiger partial charge in [-0.3, -0.25) is 4.79 Å². The SMILES string of the molecule is CCN(CC)C(=O)C1CCN1OC(=O)C(C)(C)C. The lowest BCUT2D eigenvalue weighted by molar-refractivity contribution is -0.235. The van der Waals surface area contributed by atoms with Gasteiger partial charge < -0.3 is 9.74 Å². The topological polar surface area (TPSA) is 49.9 Å². The van der Waals surface area contributed by atoms with Crippen LogP contribution in [0.25, 0.3) is 0 Å². The summed E-state index contributed by atoms with van der Waals surface area (Å²) in [5.41, 5.74) is -0.543. The highest BCUT2D eigenvalue weighted by atomic mass is 16.7. The molecular formula is C13H24N2O3. The van der Waals surface area contributed by atoms with Crippen molar-refractivity contribution in [1.82, 2.24) is 9.96 Å². The molecule has 0 bridgehead atoms. The molecular weight excluding hydrogens is 232 g/mol. The van der Waals surface area contributed by atoms with Crippen molar-refractivity contribution >= 4 is 11.9 Å². The average molecular weight is 256 g/mol. The van der Waals surface area contributed by atoms with Gasteiger partial charge in [-0.15, -0.1) is 5.06 Å². The molecule has 1 aliphatic heterocycles. The van der Waals surface area contributed by atoms with Gasteiger partial charge in [0.15, 0.2) is 0 Å². The van der Waals surface area contributed by atoms with Crippen LogP contribution in [0.5, 0.6) is 0 Å². The average Bonchev–Trinajstić information content (AvgIpc) is 2.24. The molecule has 1 saturated heterocycles. The first-order chi connectivity index (χ1) is 8.31. The lowest BCUT2D eigenvalue weighted by Gasteiger charge is -2.40. The van der Waals surface area contributed by atoms with Crippen molar-refractivity contribution in [3.05, 3.63) is 0 Å². The van der Waals surface area contributed by atoms with Crippen LogP contribution in [0, 0.1) is 5.41 Å². The second kappa shape index (κ2) is 5.69. The van der Waals surface area contributed by atoms with E-state index in [0.717, 1.165) is 6.42 Å². The second-order valence-electron chi connectivity index (χ2n) is 5.58. The van der Waals surface area contributed by atoms with E-state index < -0.39 is 5.41 Å². The number of amides is 1. The minimum absolute atomic E-state index is 0.0490. The van der Waals surface area contributed by atoms with E-state index in [1.807, 2.05) is 13.8 Å². The molecule has 0 aliphatic carbocycles. The molecule has 0 radical (unpaired) electrons. The second-order valence-corrected chi connectivity index (χ2v) is 5.58. The fourth-order valence-corrected chi connectivity index (χ4v) is 1.71. The zero-order valence-electron chi connectivity index (χ0n) is 12.0. The summed E-state index contributed by atoms with van der Waals surface area (Å²) >= 11 is 0. The number of hydrogen-bond acceptors (Lipinski definition) is 4. The Hall–Kier alpha value is -1.10. The van der Waals surface area contributed by atoms with Crippen LogP contribution in [-0.2, 0) is 14.4 Å². The first kappa shape index (κ1) is 15.0. The Bertz CT molecular complexity index is 319. The predicted octanol–water partition coefficient (Wildman–Crippen LogP) is 1.43. The van der Waals surface area contributed by atoms with Crippen LogP contribution in [0.4, 0.5) is 0 Å². The Morgan fingerprint density at radius 3 is 2.17 bits per heavy atom. The van der Waals surface area contributed by atoms with Crippen molar-refractivity contribution in [3.8, 4) is 0 Å². The first-order valence-electron chi connectivity index (χ1n) is 6.59. The van der Waals surface area contributed by atoms with E-state index in [9.17, 15) is 9.59 Å². The molecule has 1 rings (SSSR count). The molecule has 0 saturated carbocycles. The number of carbonyl (C=O) groups excluding carboxylic acids is 2. The van der Waals surface area contributed by atoms with E-state index in [0.29, 0.717) is 19.6 Å². The summed E-state index contributed by atoms with van der Waals surface area (Å²) in [4.78, 5) is 30.9. The van der Waals surface area contributed by atoms with Crippen LogP contribution >= 0.6 is 0 Å². The fourth-order valence-electron chi connectivity index (χ4n) is 1.71. The van der Waals surface area contributed by atoms with Crippen molar-refractivity contribution in [2.75, 3.05) is 19.6 Å². The van der Waals surface area contributed by atoms with Crippen molar-refractivity contribution in [1.29, 1.82) is 0 Å². The van der Waals surface area contributed by atoms with Crippen LogP contribution in [0.2, 0.25) is 0 Å². The maximum absolute atomic E-state index is 12.1. The maximum Gasteiger partial charge on any atom is 0.330 e. The Morgan fingerprint density at radius 1 is 1.28 bits per heavy atom. The zero-order chi connectivity index (χ0) is 13.9. The monoisotopic (exact) mass is 256 g/mol. The van der Waals surface area contributed by atoms with Crippen LogP contribution in [-0.4, -0.2) is 47.5 Å². The van der Waals surface area contributed by atoms with Crippen molar-refractivity contribution in [2.24, 2.45) is 5.41 Å². The van der Waals surface area contributed by atoms with Gasteiger partial charge in [-0.2, -0.15) is 0 Å². The highest BCUT2D eigenvalue weighted by Crippen LogP contribution is 2.24. The largest absolute Gasteiger partial charge is 0.367 e. The highest BCUT2D eigenvalue weighted by molar-refractivity contribution is 5.83. The third-order valence-corrected chi connectivity index (χ3v) is 3.14. The lowest BCUT2D eigenvalue weighted by atomic mass is 9.97. The van der Waals surface area contributed by atoms with Crippen LogP contribution in [0.3, 0.4) is 0 Å². The van der Waals surface area contributed by atoms with Crippen molar-refractivity contribution < 1.29 is 14.4 Å². The van der Waals surface area contributed by atoms with Crippen molar-refractivity contribution in [2.45, 2.75) is 47.1 Å². The molecule has 0 aromatic carbocycles. The number of nitrogens with zero attached hydrogens (tertiary/aromatic N) is 2. The maximum atomic E-state index is 12.1. The molecule has 0 spiro atoms. The van der Waals surface area contributed by atoms with Crippen LogP contribution in [0.15, 0.2) is 0 Å². The van der Waals surface area contributed by atoms with Gasteiger partial charge in [0.05, 0.1) is 5.41 Å². The molecule has 1 aliphatic rings. The molecule has 0 aromatic heterocycles. The van der Waals surface area contributed by atoms with Gasteiger partial charge in [0.25, 0.3) is 0 Å². The number of rotatable bonds is 4. The van der Waals surface area contributed by atoms with Gasteiger partial charge in [-0.25, -0.2) is 4.79 Å². The number of carbonyl (C=O) groups is 2. The van der Waals surface area contributed by atoms with Gasteiger partial charge in [0.2, 0.25) is 5.91 Å². The molecule has 1 heterocycles. The number of hydrogen-bond donors (Lipinski definition) is 0. The van der Waals surface area contributed by atoms with E-state index in [-0.39, 0.29) is 17.9 Å². The van der Waals surface area contributed by atoms with Gasteiger partial charge in [-0.05, 0) is 41.0 Å². The molecule has 1 atom stereocenters. The third-order valence-electron chi connectivity index (χ3n) is 3.14. The summed E-state index contributed by atoms with van der Waals surface area (Å²) in [7, 11) is 0. The quantitative estimate of drug-likeness (QED) is 0.763. The van der Waals surface area contributed by atoms with Crippen LogP contribution < -0.4 is 0 Å². The van der Waals surface area contributed by atoms with Gasteiger partial charge >= 0.3 is 5.97 Å². The summed E-state index contributed by atoms with van der Waals surface area (Å²) in [5.74, 6) is -0.243. The lowest BCUT2D eigenvalue weighted by Crippen LogP contribution is -2.57. The minimum atomic E-state index is -0.543. The number of likely N-dealkylation sites (N-methyl/N-ethyl adjacent to an activating group) is 1. The summed E-state index contributed by atoms with van der Waals surface area (Å²) < 4.78 is 0. The molecule has 1 amide bonds. The summed E-state index contributed by atoms with van der Waals surface area (Å²) in [6.07, 6.45) is 0.757. The molecule has 0 N–H and O–H groups in total. The molecule has 18 heavy (non-hydrogen) atoms. The van der Waals surface area contributed by atoms with E-state index in [2.05, 4.69) is 0 Å². The first-order valence-corrected chi connectivity index (χ1v) is 6.59. The van der Waals surface area contributed by atoms with Gasteiger partial charge in [-0.1, -0.05) is 0 Å². The Labute approximate surface area is 109 Å². The highest BCUT2D eigenvalue weighted by Gasteiger charge is 2.40. The zero-order valence-corrected chi connectivity index (χ0v) is 12.0. The van der Waals surface area contributed by atoms with Gasteiger partial charge in [0, 0.05) is 19.6 Å². The van der Waals surface area contributed by atoms with Crippen LogP contribution in [0.1, 0.15) is 41.0 Å². The number of hydroxylamine groups is 2. The fraction of sp³-hybridized carbons (Fsp3) is 0.846. The van der Waals surface area contributed by atoms with E-state index in [1.54, 1.807) is 25.7 Å². The Morgan fingerprint density at radius 2 is 1.83 bits per heavy atom. The standard InChI is InChI=1S/C13H24N2O3/c1-6-14(7-2)11(16)10-8-9-15(10)18-12(17)13(3,4)5/h10H,6-9H2,1-5H3. The minimum Gasteiger partial charge on any atom is -0.367 e. The molecule has 1 unspecified atom stereocenters. The van der Waals surface area contributed by atoms with E-state index in [1.165, 1.54) is 5.06 Å². The predicted molar refractivity (Wildman–Crippen MR) is 68.6 cm³/mol. The summed E-state index contributed by atoms with van der Waals surface area (Å²) in [5, 5.41) is 1.51. The molecule has 5 heteroatoms. The summed E-state index contributed by atoms with van der Waals surface area (Å²) in [6.45, 7) is 11.3. The molecule has 104 valence electrons. The Balaban J connectivity index is 2.56. The molecule has 0 aromatic rings. The summed E-state index contributed by atoms with van der Waals surface area (Å²) in [6, 6.07) is -0.295. The van der Waals surface area contributed by atoms with E-state index >= 15 is 0 Å². The smallest absolute Gasteiger partial charge is 0.330 e. The third kappa shape index (κ3) is 3.22. The van der Waals surface area contributed by atoms with Crippen molar-refractivity contribution in [3.63, 3.8) is 0 Å².